The first-order valence-electron chi connectivity index (χ1n) is 5.96. The number of carbonyl (C=O) groups excluding carboxylic acids is 1. The summed E-state index contributed by atoms with van der Waals surface area (Å²) in [6, 6.07) is 7.96. The van der Waals surface area contributed by atoms with Crippen molar-refractivity contribution < 1.29 is 9.53 Å². The summed E-state index contributed by atoms with van der Waals surface area (Å²) in [7, 11) is 0. The number of benzene rings is 1. The lowest BCUT2D eigenvalue weighted by atomic mass is 10.1. The second-order valence-electron chi connectivity index (χ2n) is 4.29. The van der Waals surface area contributed by atoms with Crippen molar-refractivity contribution in [2.75, 3.05) is 11.4 Å². The topological polar surface area (TPSA) is 55.6 Å². The number of nitrogens with zero attached hydrogens (tertiary/aromatic N) is 1. The van der Waals surface area contributed by atoms with E-state index in [4.69, 9.17) is 10.5 Å². The quantitative estimate of drug-likeness (QED) is 0.869. The van der Waals surface area contributed by atoms with Gasteiger partial charge in [-0.1, -0.05) is 19.1 Å². The molecule has 0 aliphatic carbocycles. The zero-order valence-electron chi connectivity index (χ0n) is 10.2. The van der Waals surface area contributed by atoms with E-state index < -0.39 is 0 Å². The molecule has 1 aromatic rings. The summed E-state index contributed by atoms with van der Waals surface area (Å²) >= 11 is 0. The number of aryl methyl sites for hydroxylation is 1. The van der Waals surface area contributed by atoms with Gasteiger partial charge in [-0.25, -0.2) is 4.79 Å². The van der Waals surface area contributed by atoms with E-state index in [2.05, 4.69) is 6.92 Å². The molecule has 4 heteroatoms. The van der Waals surface area contributed by atoms with Gasteiger partial charge in [0.05, 0.1) is 6.04 Å². The van der Waals surface area contributed by atoms with Gasteiger partial charge in [-0.2, -0.15) is 0 Å². The lowest BCUT2D eigenvalue weighted by molar-refractivity contribution is 0.137. The molecular formula is C13H18N2O2. The molecule has 2 unspecified atom stereocenters. The molecular weight excluding hydrogens is 216 g/mol. The van der Waals surface area contributed by atoms with Gasteiger partial charge in [0.1, 0.15) is 6.10 Å². The van der Waals surface area contributed by atoms with Crippen molar-refractivity contribution in [2.24, 2.45) is 5.73 Å². The summed E-state index contributed by atoms with van der Waals surface area (Å²) in [5, 5.41) is 0. The van der Waals surface area contributed by atoms with E-state index in [-0.39, 0.29) is 18.2 Å². The predicted octanol–water partition coefficient (Wildman–Crippen LogP) is 1.92. The van der Waals surface area contributed by atoms with E-state index >= 15 is 0 Å². The lowest BCUT2D eigenvalue weighted by Crippen LogP contribution is -2.37. The van der Waals surface area contributed by atoms with E-state index in [1.54, 1.807) is 4.90 Å². The Balaban J connectivity index is 2.23. The van der Waals surface area contributed by atoms with Gasteiger partial charge >= 0.3 is 6.09 Å². The number of carbonyl (C=O) groups is 1. The van der Waals surface area contributed by atoms with Crippen LogP contribution < -0.4 is 10.6 Å². The lowest BCUT2D eigenvalue weighted by Gasteiger charge is -2.20. The van der Waals surface area contributed by atoms with Crippen LogP contribution in [0.3, 0.4) is 0 Å². The third-order valence-corrected chi connectivity index (χ3v) is 3.25. The van der Waals surface area contributed by atoms with Gasteiger partial charge in [-0.15, -0.1) is 0 Å². The smallest absolute Gasteiger partial charge is 0.415 e. The molecule has 0 aromatic heterocycles. The number of ether oxygens (including phenoxy) is 1. The average Bonchev–Trinajstić information content (AvgIpc) is 2.64. The number of amides is 1. The van der Waals surface area contributed by atoms with E-state index in [1.807, 2.05) is 31.2 Å². The van der Waals surface area contributed by atoms with Gasteiger partial charge < -0.3 is 10.5 Å². The molecule has 1 fully saturated rings. The Morgan fingerprint density at radius 2 is 2.00 bits per heavy atom. The molecule has 92 valence electrons. The van der Waals surface area contributed by atoms with E-state index in [9.17, 15) is 4.79 Å². The highest BCUT2D eigenvalue weighted by Gasteiger charge is 2.38. The van der Waals surface area contributed by atoms with Crippen molar-refractivity contribution in [3.63, 3.8) is 0 Å². The Morgan fingerprint density at radius 3 is 2.47 bits per heavy atom. The molecule has 1 saturated heterocycles. The summed E-state index contributed by atoms with van der Waals surface area (Å²) in [5.74, 6) is 0. The van der Waals surface area contributed by atoms with Crippen molar-refractivity contribution in [1.82, 2.24) is 0 Å². The van der Waals surface area contributed by atoms with Crippen LogP contribution in [0.2, 0.25) is 0 Å². The first kappa shape index (κ1) is 11.9. The fourth-order valence-electron chi connectivity index (χ4n) is 2.10. The van der Waals surface area contributed by atoms with E-state index in [0.717, 1.165) is 12.1 Å². The first-order valence-corrected chi connectivity index (χ1v) is 5.96. The fourth-order valence-corrected chi connectivity index (χ4v) is 2.10. The van der Waals surface area contributed by atoms with Crippen LogP contribution in [0, 0.1) is 0 Å². The molecule has 0 saturated carbocycles. The van der Waals surface area contributed by atoms with Crippen LogP contribution in [0.25, 0.3) is 0 Å². The molecule has 2 rings (SSSR count). The van der Waals surface area contributed by atoms with Crippen LogP contribution in [0.1, 0.15) is 19.4 Å². The number of rotatable bonds is 3. The number of hydrogen-bond donors (Lipinski definition) is 1. The van der Waals surface area contributed by atoms with Crippen LogP contribution in [-0.4, -0.2) is 24.8 Å². The minimum Gasteiger partial charge on any atom is -0.442 e. The molecule has 1 aromatic carbocycles. The normalized spacial score (nSPS) is 23.9. The summed E-state index contributed by atoms with van der Waals surface area (Å²) < 4.78 is 5.21. The van der Waals surface area contributed by atoms with Crippen molar-refractivity contribution >= 4 is 11.8 Å². The maximum Gasteiger partial charge on any atom is 0.415 e. The highest BCUT2D eigenvalue weighted by molar-refractivity contribution is 5.90. The highest BCUT2D eigenvalue weighted by atomic mass is 16.6. The SMILES string of the molecule is CCc1ccc(N2C(=O)OC(CN)C2C)cc1. The third kappa shape index (κ3) is 2.13. The maximum atomic E-state index is 11.8. The van der Waals surface area contributed by atoms with Gasteiger partial charge in [0.25, 0.3) is 0 Å². The minimum atomic E-state index is -0.308. The molecule has 0 bridgehead atoms. The predicted molar refractivity (Wildman–Crippen MR) is 67.1 cm³/mol. The molecule has 2 atom stereocenters. The molecule has 4 nitrogen and oxygen atoms in total. The molecule has 2 N–H and O–H groups in total. The zero-order chi connectivity index (χ0) is 12.4. The molecule has 1 aliphatic heterocycles. The van der Waals surface area contributed by atoms with Crippen LogP contribution in [0.4, 0.5) is 10.5 Å². The number of hydrogen-bond acceptors (Lipinski definition) is 3. The van der Waals surface area contributed by atoms with Crippen LogP contribution >= 0.6 is 0 Å². The summed E-state index contributed by atoms with van der Waals surface area (Å²) in [4.78, 5) is 13.4. The minimum absolute atomic E-state index is 0.0139. The second kappa shape index (κ2) is 4.75. The molecule has 17 heavy (non-hydrogen) atoms. The highest BCUT2D eigenvalue weighted by Crippen LogP contribution is 2.26. The summed E-state index contributed by atoms with van der Waals surface area (Å²) in [6.45, 7) is 4.42. The Hall–Kier alpha value is -1.55. The van der Waals surface area contributed by atoms with Crippen molar-refractivity contribution in [3.05, 3.63) is 29.8 Å². The van der Waals surface area contributed by atoms with Crippen molar-refractivity contribution in [3.8, 4) is 0 Å². The zero-order valence-corrected chi connectivity index (χ0v) is 10.2. The Kier molecular flexibility index (Phi) is 3.33. The first-order chi connectivity index (χ1) is 8.17. The molecule has 1 heterocycles. The van der Waals surface area contributed by atoms with Crippen LogP contribution in [-0.2, 0) is 11.2 Å². The summed E-state index contributed by atoms with van der Waals surface area (Å²) in [6.07, 6.45) is 0.469. The van der Waals surface area contributed by atoms with Crippen molar-refractivity contribution in [1.29, 1.82) is 0 Å². The molecule has 0 spiro atoms. The van der Waals surface area contributed by atoms with Crippen LogP contribution in [0.15, 0.2) is 24.3 Å². The van der Waals surface area contributed by atoms with Gasteiger partial charge in [0.2, 0.25) is 0 Å². The number of cyclic esters (lactones) is 1. The third-order valence-electron chi connectivity index (χ3n) is 3.25. The second-order valence-corrected chi connectivity index (χ2v) is 4.29. The Morgan fingerprint density at radius 1 is 1.35 bits per heavy atom. The summed E-state index contributed by atoms with van der Waals surface area (Å²) in [5.41, 5.74) is 7.69. The fraction of sp³-hybridized carbons (Fsp3) is 0.462. The maximum absolute atomic E-state index is 11.8. The monoisotopic (exact) mass is 234 g/mol. The Bertz CT molecular complexity index is 402. The standard InChI is InChI=1S/C13H18N2O2/c1-3-10-4-6-11(7-5-10)15-9(2)12(8-14)17-13(15)16/h4-7,9,12H,3,8,14H2,1-2H3. The average molecular weight is 234 g/mol. The van der Waals surface area contributed by atoms with Gasteiger partial charge in [0, 0.05) is 12.2 Å². The van der Waals surface area contributed by atoms with Gasteiger partial charge in [-0.3, -0.25) is 4.90 Å². The molecule has 1 aliphatic rings. The van der Waals surface area contributed by atoms with Crippen LogP contribution in [0.5, 0.6) is 0 Å². The molecule has 1 amide bonds. The Labute approximate surface area is 101 Å². The van der Waals surface area contributed by atoms with Gasteiger partial charge in [0.15, 0.2) is 0 Å². The van der Waals surface area contributed by atoms with Crippen molar-refractivity contribution in [2.45, 2.75) is 32.4 Å². The number of anilines is 1. The number of nitrogens with two attached hydrogens (primary N) is 1. The molecule has 0 radical (unpaired) electrons. The van der Waals surface area contributed by atoms with E-state index in [0.29, 0.717) is 6.54 Å². The van der Waals surface area contributed by atoms with Gasteiger partial charge in [-0.05, 0) is 31.0 Å². The largest absolute Gasteiger partial charge is 0.442 e. The van der Waals surface area contributed by atoms with E-state index in [1.165, 1.54) is 5.56 Å².